The van der Waals surface area contributed by atoms with Gasteiger partial charge in [-0.05, 0) is 37.0 Å². The number of nitrogens with two attached hydrogens (primary N) is 1. The molecule has 1 aliphatic rings. The number of aryl methyl sites for hydroxylation is 1. The summed E-state index contributed by atoms with van der Waals surface area (Å²) >= 11 is 0. The first-order valence-corrected chi connectivity index (χ1v) is 4.92. The summed E-state index contributed by atoms with van der Waals surface area (Å²) in [5, 5.41) is 0. The lowest BCUT2D eigenvalue weighted by molar-refractivity contribution is 0.458. The van der Waals surface area contributed by atoms with E-state index in [-0.39, 0.29) is 5.54 Å². The Labute approximate surface area is 79.2 Å². The monoisotopic (exact) mass is 176 g/mol. The van der Waals surface area contributed by atoms with Crippen molar-refractivity contribution in [2.45, 2.75) is 38.1 Å². The zero-order chi connectivity index (χ0) is 9.31. The first kappa shape index (κ1) is 8.70. The number of hydrogen-bond donors (Lipinski definition) is 1. The minimum absolute atomic E-state index is 0.0625. The molecule has 1 aromatic heterocycles. The predicted octanol–water partition coefficient (Wildman–Crippen LogP) is 2.12. The SMILES string of the molecule is Cc1cnccc1C1(N)CCCC1. The van der Waals surface area contributed by atoms with Gasteiger partial charge in [0.2, 0.25) is 0 Å². The van der Waals surface area contributed by atoms with Crippen molar-refractivity contribution in [3.63, 3.8) is 0 Å². The van der Waals surface area contributed by atoms with Gasteiger partial charge in [-0.3, -0.25) is 4.98 Å². The molecule has 2 N–H and O–H groups in total. The van der Waals surface area contributed by atoms with Crippen molar-refractivity contribution in [1.29, 1.82) is 0 Å². The van der Waals surface area contributed by atoms with Crippen molar-refractivity contribution in [2.75, 3.05) is 0 Å². The molecule has 13 heavy (non-hydrogen) atoms. The van der Waals surface area contributed by atoms with Crippen LogP contribution >= 0.6 is 0 Å². The molecule has 0 spiro atoms. The van der Waals surface area contributed by atoms with Gasteiger partial charge in [-0.1, -0.05) is 12.8 Å². The highest BCUT2D eigenvalue weighted by atomic mass is 14.8. The number of rotatable bonds is 1. The fourth-order valence-corrected chi connectivity index (χ4v) is 2.31. The topological polar surface area (TPSA) is 38.9 Å². The summed E-state index contributed by atoms with van der Waals surface area (Å²) in [5.41, 5.74) is 8.81. The van der Waals surface area contributed by atoms with Gasteiger partial charge in [0, 0.05) is 17.9 Å². The van der Waals surface area contributed by atoms with Crippen molar-refractivity contribution in [3.05, 3.63) is 29.6 Å². The Morgan fingerprint density at radius 3 is 2.69 bits per heavy atom. The molecule has 70 valence electrons. The largest absolute Gasteiger partial charge is 0.321 e. The normalized spacial score (nSPS) is 20.5. The highest BCUT2D eigenvalue weighted by Gasteiger charge is 2.32. The highest BCUT2D eigenvalue weighted by molar-refractivity contribution is 5.30. The van der Waals surface area contributed by atoms with Crippen LogP contribution in [-0.4, -0.2) is 4.98 Å². The maximum atomic E-state index is 6.35. The number of aromatic nitrogens is 1. The van der Waals surface area contributed by atoms with Gasteiger partial charge in [0.1, 0.15) is 0 Å². The van der Waals surface area contributed by atoms with E-state index in [0.717, 1.165) is 12.8 Å². The van der Waals surface area contributed by atoms with Crippen LogP contribution in [0.3, 0.4) is 0 Å². The molecule has 0 unspecified atom stereocenters. The van der Waals surface area contributed by atoms with Gasteiger partial charge in [-0.2, -0.15) is 0 Å². The zero-order valence-electron chi connectivity index (χ0n) is 8.09. The van der Waals surface area contributed by atoms with Gasteiger partial charge in [-0.25, -0.2) is 0 Å². The van der Waals surface area contributed by atoms with Crippen molar-refractivity contribution >= 4 is 0 Å². The summed E-state index contributed by atoms with van der Waals surface area (Å²) < 4.78 is 0. The molecule has 1 aromatic rings. The first-order valence-electron chi connectivity index (χ1n) is 4.92. The van der Waals surface area contributed by atoms with Crippen LogP contribution in [0.15, 0.2) is 18.5 Å². The van der Waals surface area contributed by atoms with Crippen molar-refractivity contribution < 1.29 is 0 Å². The lowest BCUT2D eigenvalue weighted by Crippen LogP contribution is -2.33. The third kappa shape index (κ3) is 1.46. The molecular formula is C11H16N2. The fourth-order valence-electron chi connectivity index (χ4n) is 2.31. The lowest BCUT2D eigenvalue weighted by atomic mass is 9.87. The average Bonchev–Trinajstić information content (AvgIpc) is 2.54. The Morgan fingerprint density at radius 2 is 2.08 bits per heavy atom. The van der Waals surface area contributed by atoms with Crippen LogP contribution in [-0.2, 0) is 5.54 Å². The van der Waals surface area contributed by atoms with Gasteiger partial charge in [0.25, 0.3) is 0 Å². The predicted molar refractivity (Wildman–Crippen MR) is 53.3 cm³/mol. The van der Waals surface area contributed by atoms with Gasteiger partial charge >= 0.3 is 0 Å². The molecule has 1 fully saturated rings. The second-order valence-corrected chi connectivity index (χ2v) is 4.05. The minimum atomic E-state index is -0.0625. The molecule has 2 rings (SSSR count). The molecule has 0 aliphatic heterocycles. The van der Waals surface area contributed by atoms with Gasteiger partial charge in [-0.15, -0.1) is 0 Å². The lowest BCUT2D eigenvalue weighted by Gasteiger charge is -2.25. The van der Waals surface area contributed by atoms with E-state index in [1.165, 1.54) is 24.0 Å². The van der Waals surface area contributed by atoms with Gasteiger partial charge in [0.05, 0.1) is 0 Å². The second-order valence-electron chi connectivity index (χ2n) is 4.05. The molecule has 0 atom stereocenters. The van der Waals surface area contributed by atoms with E-state index in [1.807, 2.05) is 12.4 Å². The highest BCUT2D eigenvalue weighted by Crippen LogP contribution is 2.37. The van der Waals surface area contributed by atoms with E-state index in [9.17, 15) is 0 Å². The standard InChI is InChI=1S/C11H16N2/c1-9-8-13-7-4-10(9)11(12)5-2-3-6-11/h4,7-8H,2-3,5-6,12H2,1H3. The number of hydrogen-bond acceptors (Lipinski definition) is 2. The van der Waals surface area contributed by atoms with Crippen LogP contribution in [0, 0.1) is 6.92 Å². The van der Waals surface area contributed by atoms with Crippen molar-refractivity contribution in [3.8, 4) is 0 Å². The molecule has 1 saturated carbocycles. The van der Waals surface area contributed by atoms with Crippen molar-refractivity contribution in [2.24, 2.45) is 5.73 Å². The summed E-state index contributed by atoms with van der Waals surface area (Å²) in [4.78, 5) is 4.09. The van der Waals surface area contributed by atoms with E-state index in [4.69, 9.17) is 5.73 Å². The fraction of sp³-hybridized carbons (Fsp3) is 0.545. The first-order chi connectivity index (χ1) is 6.22. The Morgan fingerprint density at radius 1 is 1.38 bits per heavy atom. The van der Waals surface area contributed by atoms with Crippen LogP contribution in [0.1, 0.15) is 36.8 Å². The molecule has 0 bridgehead atoms. The van der Waals surface area contributed by atoms with E-state index < -0.39 is 0 Å². The van der Waals surface area contributed by atoms with Crippen LogP contribution in [0.2, 0.25) is 0 Å². The summed E-state index contributed by atoms with van der Waals surface area (Å²) in [6.07, 6.45) is 8.52. The Bertz CT molecular complexity index is 301. The Kier molecular flexibility index (Phi) is 2.08. The summed E-state index contributed by atoms with van der Waals surface area (Å²) in [5.74, 6) is 0. The van der Waals surface area contributed by atoms with E-state index in [0.29, 0.717) is 0 Å². The average molecular weight is 176 g/mol. The summed E-state index contributed by atoms with van der Waals surface area (Å²) in [7, 11) is 0. The molecule has 0 amide bonds. The van der Waals surface area contributed by atoms with Gasteiger partial charge in [0.15, 0.2) is 0 Å². The molecule has 1 heterocycles. The molecule has 0 radical (unpaired) electrons. The maximum Gasteiger partial charge on any atom is 0.0413 e. The van der Waals surface area contributed by atoms with Crippen LogP contribution in [0.4, 0.5) is 0 Å². The van der Waals surface area contributed by atoms with Crippen molar-refractivity contribution in [1.82, 2.24) is 4.98 Å². The maximum absolute atomic E-state index is 6.35. The smallest absolute Gasteiger partial charge is 0.0413 e. The molecule has 0 saturated heterocycles. The Hall–Kier alpha value is -0.890. The molecule has 1 aliphatic carbocycles. The van der Waals surface area contributed by atoms with E-state index >= 15 is 0 Å². The molecule has 0 aromatic carbocycles. The second kappa shape index (κ2) is 3.11. The van der Waals surface area contributed by atoms with E-state index in [2.05, 4.69) is 18.0 Å². The quantitative estimate of drug-likeness (QED) is 0.711. The third-order valence-electron chi connectivity index (χ3n) is 3.05. The third-order valence-corrected chi connectivity index (χ3v) is 3.05. The number of pyridine rings is 1. The minimum Gasteiger partial charge on any atom is -0.321 e. The molecular weight excluding hydrogens is 160 g/mol. The molecule has 2 nitrogen and oxygen atoms in total. The molecule has 2 heteroatoms. The van der Waals surface area contributed by atoms with Crippen LogP contribution < -0.4 is 5.73 Å². The summed E-state index contributed by atoms with van der Waals surface area (Å²) in [6, 6.07) is 2.07. The van der Waals surface area contributed by atoms with Gasteiger partial charge < -0.3 is 5.73 Å². The van der Waals surface area contributed by atoms with Crippen LogP contribution in [0.5, 0.6) is 0 Å². The summed E-state index contributed by atoms with van der Waals surface area (Å²) in [6.45, 7) is 2.09. The van der Waals surface area contributed by atoms with E-state index in [1.54, 1.807) is 0 Å². The number of nitrogens with zero attached hydrogens (tertiary/aromatic N) is 1. The Balaban J connectivity index is 2.39. The zero-order valence-corrected chi connectivity index (χ0v) is 8.09. The van der Waals surface area contributed by atoms with Crippen LogP contribution in [0.25, 0.3) is 0 Å².